The summed E-state index contributed by atoms with van der Waals surface area (Å²) in [5.74, 6) is 0. The van der Waals surface area contributed by atoms with E-state index in [1.807, 2.05) is 0 Å². The molecule has 0 amide bonds. The van der Waals surface area contributed by atoms with E-state index in [-0.39, 0.29) is 38.3 Å². The number of rotatable bonds is 0. The van der Waals surface area contributed by atoms with Gasteiger partial charge in [0.2, 0.25) is 0 Å². The Balaban J connectivity index is -0.00000000750. The summed E-state index contributed by atoms with van der Waals surface area (Å²) in [6.07, 6.45) is 0. The molecule has 0 bridgehead atoms. The minimum Gasteiger partial charge on any atom is -1.00 e. The largest absolute Gasteiger partial charge is 2.00 e. The van der Waals surface area contributed by atoms with E-state index in [2.05, 4.69) is 0 Å². The van der Waals surface area contributed by atoms with Crippen molar-refractivity contribution in [2.75, 3.05) is 0 Å². The predicted octanol–water partition coefficient (Wildman–Crippen LogP) is -0.0817. The fraction of sp³-hybridized carbons (Fsp3) is 0. The van der Waals surface area contributed by atoms with Crippen molar-refractivity contribution >= 4 is 35.5 Å². The summed E-state index contributed by atoms with van der Waals surface area (Å²) in [5, 5.41) is 13.6. The van der Waals surface area contributed by atoms with E-state index in [0.717, 1.165) is 0 Å². The molecule has 0 heterocycles. The minimum atomic E-state index is -1.50. The molecule has 36 valence electrons. The van der Waals surface area contributed by atoms with Crippen molar-refractivity contribution in [2.45, 2.75) is 0 Å². The Morgan fingerprint density at radius 1 is 1.83 bits per heavy atom. The maximum Gasteiger partial charge on any atom is 2.00 e. The minimum absolute atomic E-state index is 0. The van der Waals surface area contributed by atoms with E-state index in [9.17, 15) is 0 Å². The number of hydrogen-bond acceptors (Lipinski definition) is 2. The Morgan fingerprint density at radius 2 is 1.83 bits per heavy atom. The first-order valence-corrected chi connectivity index (χ1v) is 0.565. The first-order chi connectivity index (χ1) is 1.73. The molecule has 0 aliphatic heterocycles. The summed E-state index contributed by atoms with van der Waals surface area (Å²) in [7, 11) is 0. The van der Waals surface area contributed by atoms with Crippen LogP contribution in [0.1, 0.15) is 2.85 Å². The second-order valence-electron chi connectivity index (χ2n) is 0.238. The van der Waals surface area contributed by atoms with Gasteiger partial charge in [-0.15, -0.1) is 22.5 Å². The molecule has 6 heavy (non-hydrogen) atoms. The fourth-order valence-electron chi connectivity index (χ4n) is 0. The van der Waals surface area contributed by atoms with E-state index in [4.69, 9.17) is 15.3 Å². The zero-order valence-electron chi connectivity index (χ0n) is 4.83. The van der Waals surface area contributed by atoms with Gasteiger partial charge in [-0.25, -0.2) is 0 Å². The first kappa shape index (κ1) is 16.3. The summed E-state index contributed by atoms with van der Waals surface area (Å²) in [5.41, 5.74) is 0. The van der Waals surface area contributed by atoms with Crippen LogP contribution in [0.3, 0.4) is 0 Å². The van der Waals surface area contributed by atoms with Gasteiger partial charge in [0.15, 0.2) is 0 Å². The van der Waals surface area contributed by atoms with Gasteiger partial charge >= 0.3 is 23.1 Å². The van der Waals surface area contributed by atoms with Crippen LogP contribution in [-0.4, -0.2) is 33.3 Å². The van der Waals surface area contributed by atoms with E-state index in [1.165, 1.54) is 0 Å². The standard InChI is InChI=1S/ClH.Mg.HNO3.2H/c;;2-1(3)4;;/h1H;;(H,2,3,4);;/q;+2;;2*-1. The van der Waals surface area contributed by atoms with Crippen molar-refractivity contribution in [3.8, 4) is 0 Å². The van der Waals surface area contributed by atoms with E-state index < -0.39 is 5.09 Å². The van der Waals surface area contributed by atoms with Crippen LogP contribution >= 0.6 is 12.4 Å². The smallest absolute Gasteiger partial charge is 1.00 e. The summed E-state index contributed by atoms with van der Waals surface area (Å²) in [4.78, 5) is 8.36. The molecule has 0 spiro atoms. The second-order valence-corrected chi connectivity index (χ2v) is 0.238. The van der Waals surface area contributed by atoms with Gasteiger partial charge in [0.25, 0.3) is 5.09 Å². The molecule has 0 aliphatic carbocycles. The second kappa shape index (κ2) is 8.98. The summed E-state index contributed by atoms with van der Waals surface area (Å²) < 4.78 is 0. The van der Waals surface area contributed by atoms with Crippen molar-refractivity contribution < 1.29 is 13.1 Å². The van der Waals surface area contributed by atoms with Gasteiger partial charge in [-0.3, -0.25) is 0 Å². The molecule has 0 unspecified atom stereocenters. The Bertz CT molecular complexity index is 40.3. The average molecular weight is 126 g/mol. The molecule has 0 atom stereocenters. The van der Waals surface area contributed by atoms with Crippen LogP contribution in [0.25, 0.3) is 0 Å². The summed E-state index contributed by atoms with van der Waals surface area (Å²) in [6.45, 7) is 0. The molecule has 1 N–H and O–H groups in total. The molecule has 0 fully saturated rings. The van der Waals surface area contributed by atoms with Crippen LogP contribution in [0.15, 0.2) is 0 Å². The van der Waals surface area contributed by atoms with E-state index >= 15 is 0 Å². The molecule has 0 saturated carbocycles. The number of hydrogen-bond donors (Lipinski definition) is 1. The SMILES string of the molecule is Cl.O=[N+]([O-])O.[H-].[H-].[Mg+2]. The van der Waals surface area contributed by atoms with E-state index in [1.54, 1.807) is 0 Å². The van der Waals surface area contributed by atoms with E-state index in [0.29, 0.717) is 0 Å². The van der Waals surface area contributed by atoms with Crippen molar-refractivity contribution in [3.63, 3.8) is 0 Å². The van der Waals surface area contributed by atoms with Gasteiger partial charge in [0, 0.05) is 0 Å². The summed E-state index contributed by atoms with van der Waals surface area (Å²) in [6, 6.07) is 0. The molecular weight excluding hydrogens is 122 g/mol. The maximum absolute atomic E-state index is 8.36. The Labute approximate surface area is 59.2 Å². The molecular formula is H4ClMgNO3. The van der Waals surface area contributed by atoms with Crippen molar-refractivity contribution in [1.82, 2.24) is 0 Å². The summed E-state index contributed by atoms with van der Waals surface area (Å²) >= 11 is 0. The monoisotopic (exact) mass is 125 g/mol. The zero-order valence-corrected chi connectivity index (χ0v) is 5.06. The van der Waals surface area contributed by atoms with Crippen molar-refractivity contribution in [3.05, 3.63) is 10.1 Å². The van der Waals surface area contributed by atoms with Gasteiger partial charge in [0.1, 0.15) is 0 Å². The molecule has 0 saturated heterocycles. The third-order valence-corrected chi connectivity index (χ3v) is 0. The topological polar surface area (TPSA) is 63.4 Å². The Hall–Kier alpha value is 0.256. The third kappa shape index (κ3) is 687. The molecule has 0 aromatic heterocycles. The molecule has 6 heteroatoms. The maximum atomic E-state index is 8.36. The van der Waals surface area contributed by atoms with Crippen molar-refractivity contribution in [1.29, 1.82) is 0 Å². The van der Waals surface area contributed by atoms with Gasteiger partial charge in [0.05, 0.1) is 0 Å². The first-order valence-electron chi connectivity index (χ1n) is 0.565. The van der Waals surface area contributed by atoms with Crippen LogP contribution in [0.2, 0.25) is 0 Å². The third-order valence-electron chi connectivity index (χ3n) is 0. The Kier molecular flexibility index (Phi) is 24.4. The van der Waals surface area contributed by atoms with Crippen LogP contribution in [0.5, 0.6) is 0 Å². The average Bonchev–Trinajstić information content (AvgIpc) is 0.811. The van der Waals surface area contributed by atoms with Gasteiger partial charge in [-0.05, 0) is 0 Å². The van der Waals surface area contributed by atoms with Gasteiger partial charge in [-0.1, -0.05) is 0 Å². The van der Waals surface area contributed by atoms with Crippen molar-refractivity contribution in [2.24, 2.45) is 0 Å². The van der Waals surface area contributed by atoms with Crippen LogP contribution in [0.4, 0.5) is 0 Å². The molecule has 0 rings (SSSR count). The zero-order chi connectivity index (χ0) is 3.58. The predicted molar refractivity (Wildman–Crippen MR) is 24.0 cm³/mol. The molecule has 0 aromatic carbocycles. The number of nitrogens with zero attached hydrogens (tertiary/aromatic N) is 1. The van der Waals surface area contributed by atoms with Crippen LogP contribution < -0.4 is 0 Å². The quantitative estimate of drug-likeness (QED) is 0.280. The molecule has 0 aromatic rings. The van der Waals surface area contributed by atoms with Gasteiger partial charge in [-0.2, -0.15) is 0 Å². The molecule has 4 nitrogen and oxygen atoms in total. The van der Waals surface area contributed by atoms with Gasteiger partial charge < -0.3 is 8.06 Å². The number of halogens is 1. The molecule has 0 radical (unpaired) electrons. The Morgan fingerprint density at radius 3 is 1.83 bits per heavy atom. The molecule has 0 aliphatic rings. The van der Waals surface area contributed by atoms with Crippen LogP contribution in [0, 0.1) is 10.1 Å². The normalized spacial score (nSPS) is 4.00. The fourth-order valence-corrected chi connectivity index (χ4v) is 0. The van der Waals surface area contributed by atoms with Crippen LogP contribution in [-0.2, 0) is 0 Å².